The molecule has 2 rings (SSSR count). The summed E-state index contributed by atoms with van der Waals surface area (Å²) in [6, 6.07) is 0. The highest BCUT2D eigenvalue weighted by Crippen LogP contribution is 2.38. The number of aliphatic hydroxyl groups excluding tert-OH is 3. The van der Waals surface area contributed by atoms with Crippen LogP contribution >= 0.6 is 0 Å². The highest BCUT2D eigenvalue weighted by Gasteiger charge is 2.48. The van der Waals surface area contributed by atoms with E-state index in [-0.39, 0.29) is 30.5 Å². The molecule has 256 valence electrons. The monoisotopic (exact) mass is 634 g/mol. The van der Waals surface area contributed by atoms with Crippen LogP contribution in [0.5, 0.6) is 0 Å². The van der Waals surface area contributed by atoms with Crippen molar-refractivity contribution in [1.82, 2.24) is 0 Å². The number of carbonyl (C=O) groups is 5. The second kappa shape index (κ2) is 22.8. The number of hydrogen-bond donors (Lipinski definition) is 5. The average molecular weight is 635 g/mol. The number of ether oxygens (including phenoxy) is 3. The Labute approximate surface area is 260 Å². The Balaban J connectivity index is 0.00000443. The van der Waals surface area contributed by atoms with E-state index in [1.165, 1.54) is 0 Å². The van der Waals surface area contributed by atoms with Gasteiger partial charge in [0.2, 0.25) is 6.29 Å². The molecule has 0 aromatic carbocycles. The number of unbranched alkanes of at least 4 members (excludes halogenated alkanes) is 5. The van der Waals surface area contributed by atoms with E-state index in [1.807, 2.05) is 27.7 Å². The van der Waals surface area contributed by atoms with Crippen molar-refractivity contribution in [2.45, 2.75) is 155 Å². The first-order valence-corrected chi connectivity index (χ1v) is 16.0. The number of carboxylic acid groups (broad SMARTS) is 2. The lowest BCUT2D eigenvalue weighted by molar-refractivity contribution is -0.286. The lowest BCUT2D eigenvalue weighted by Gasteiger charge is -2.37. The molecule has 4 unspecified atom stereocenters. The van der Waals surface area contributed by atoms with E-state index in [2.05, 4.69) is 6.92 Å². The minimum absolute atomic E-state index is 0.0291. The third-order valence-corrected chi connectivity index (χ3v) is 7.48. The Morgan fingerprint density at radius 3 is 1.89 bits per heavy atom. The third-order valence-electron chi connectivity index (χ3n) is 7.48. The van der Waals surface area contributed by atoms with Gasteiger partial charge in [0.1, 0.15) is 30.2 Å². The Morgan fingerprint density at radius 2 is 1.32 bits per heavy atom. The molecule has 0 radical (unpaired) electrons. The maximum atomic E-state index is 12.8. The van der Waals surface area contributed by atoms with Gasteiger partial charge in [-0.2, -0.15) is 0 Å². The van der Waals surface area contributed by atoms with Gasteiger partial charge in [-0.3, -0.25) is 19.2 Å². The molecule has 2 aliphatic rings. The molecule has 0 aromatic heterocycles. The zero-order valence-electron chi connectivity index (χ0n) is 26.8. The van der Waals surface area contributed by atoms with Crippen LogP contribution in [0.3, 0.4) is 0 Å². The SMILES string of the molecule is CC.CC.CCCCCC1C(OC(=O)CCC(=O)OC2O[C@H](C(=O)O)[C@@H](O)[C@H](O)[C@H]2O)CC(=O)C1CCCCCCC(=O)O. The van der Waals surface area contributed by atoms with Crippen LogP contribution in [0.1, 0.15) is 118 Å². The highest BCUT2D eigenvalue weighted by molar-refractivity contribution is 5.85. The van der Waals surface area contributed by atoms with Crippen molar-refractivity contribution < 1.29 is 63.7 Å². The summed E-state index contributed by atoms with van der Waals surface area (Å²) in [5, 5.41) is 47.3. The number of hydrogen-bond acceptors (Lipinski definition) is 11. The van der Waals surface area contributed by atoms with Gasteiger partial charge in [-0.15, -0.1) is 0 Å². The molecule has 5 N–H and O–H groups in total. The molecular formula is C31H54O13. The molecule has 2 fully saturated rings. The van der Waals surface area contributed by atoms with Gasteiger partial charge in [-0.25, -0.2) is 4.79 Å². The third kappa shape index (κ3) is 14.0. The zero-order valence-corrected chi connectivity index (χ0v) is 26.8. The topological polar surface area (TPSA) is 214 Å². The van der Waals surface area contributed by atoms with Crippen molar-refractivity contribution in [3.05, 3.63) is 0 Å². The molecule has 1 heterocycles. The van der Waals surface area contributed by atoms with Gasteiger partial charge in [0.25, 0.3) is 0 Å². The second-order valence-corrected chi connectivity index (χ2v) is 10.5. The maximum absolute atomic E-state index is 12.8. The van der Waals surface area contributed by atoms with Gasteiger partial charge < -0.3 is 39.7 Å². The largest absolute Gasteiger partial charge is 0.481 e. The summed E-state index contributed by atoms with van der Waals surface area (Å²) in [4.78, 5) is 59.4. The molecule has 44 heavy (non-hydrogen) atoms. The van der Waals surface area contributed by atoms with E-state index in [9.17, 15) is 39.3 Å². The molecule has 13 heteroatoms. The highest BCUT2D eigenvalue weighted by atomic mass is 16.7. The lowest BCUT2D eigenvalue weighted by Crippen LogP contribution is -2.60. The van der Waals surface area contributed by atoms with Gasteiger partial charge in [-0.1, -0.05) is 73.1 Å². The zero-order chi connectivity index (χ0) is 33.8. The Bertz CT molecular complexity index is 877. The van der Waals surface area contributed by atoms with E-state index < -0.39 is 73.5 Å². The Hall–Kier alpha value is -2.61. The predicted octanol–water partition coefficient (Wildman–Crippen LogP) is 3.38. The lowest BCUT2D eigenvalue weighted by atomic mass is 9.85. The van der Waals surface area contributed by atoms with Crippen LogP contribution < -0.4 is 0 Å². The minimum Gasteiger partial charge on any atom is -0.481 e. The molecule has 1 saturated heterocycles. The van der Waals surface area contributed by atoms with Gasteiger partial charge >= 0.3 is 23.9 Å². The number of carbonyl (C=O) groups excluding carboxylic acids is 3. The minimum atomic E-state index is -1.93. The molecule has 1 aliphatic carbocycles. The number of rotatable bonds is 17. The number of carboxylic acids is 2. The molecule has 8 atom stereocenters. The van der Waals surface area contributed by atoms with E-state index in [4.69, 9.17) is 24.4 Å². The van der Waals surface area contributed by atoms with Crippen molar-refractivity contribution in [1.29, 1.82) is 0 Å². The van der Waals surface area contributed by atoms with E-state index >= 15 is 0 Å². The smallest absolute Gasteiger partial charge is 0.335 e. The fraction of sp³-hybridized carbons (Fsp3) is 0.839. The summed E-state index contributed by atoms with van der Waals surface area (Å²) in [5.74, 6) is -4.54. The number of Topliss-reactive ketones (excluding diaryl/α,β-unsaturated/α-hetero) is 1. The van der Waals surface area contributed by atoms with Crippen LogP contribution in [0.2, 0.25) is 0 Å². The van der Waals surface area contributed by atoms with Crippen LogP contribution in [0.4, 0.5) is 0 Å². The van der Waals surface area contributed by atoms with Gasteiger partial charge in [0, 0.05) is 24.7 Å². The summed E-state index contributed by atoms with van der Waals surface area (Å²) in [5.41, 5.74) is 0. The van der Waals surface area contributed by atoms with Crippen molar-refractivity contribution in [2.75, 3.05) is 0 Å². The molecule has 0 amide bonds. The fourth-order valence-electron chi connectivity index (χ4n) is 5.28. The molecular weight excluding hydrogens is 580 g/mol. The summed E-state index contributed by atoms with van der Waals surface area (Å²) >= 11 is 0. The average Bonchev–Trinajstić information content (AvgIpc) is 3.28. The van der Waals surface area contributed by atoms with Crippen molar-refractivity contribution >= 4 is 29.7 Å². The van der Waals surface area contributed by atoms with Crippen LogP contribution in [0, 0.1) is 11.8 Å². The maximum Gasteiger partial charge on any atom is 0.335 e. The molecule has 0 aromatic rings. The van der Waals surface area contributed by atoms with Crippen molar-refractivity contribution in [2.24, 2.45) is 11.8 Å². The van der Waals surface area contributed by atoms with Crippen molar-refractivity contribution in [3.8, 4) is 0 Å². The summed E-state index contributed by atoms with van der Waals surface area (Å²) in [6.07, 6.45) is -3.67. The number of ketones is 1. The Kier molecular flexibility index (Phi) is 21.5. The number of esters is 2. The molecule has 1 aliphatic heterocycles. The van der Waals surface area contributed by atoms with Crippen LogP contribution in [-0.2, 0) is 38.2 Å². The number of aliphatic hydroxyl groups is 3. The molecule has 1 saturated carbocycles. The molecule has 0 bridgehead atoms. The predicted molar refractivity (Wildman–Crippen MR) is 158 cm³/mol. The van der Waals surface area contributed by atoms with E-state index in [0.29, 0.717) is 12.8 Å². The van der Waals surface area contributed by atoms with Gasteiger partial charge in [0.15, 0.2) is 6.10 Å². The van der Waals surface area contributed by atoms with Crippen LogP contribution in [-0.4, -0.2) is 92.0 Å². The van der Waals surface area contributed by atoms with Crippen LogP contribution in [0.15, 0.2) is 0 Å². The van der Waals surface area contributed by atoms with Gasteiger partial charge in [0.05, 0.1) is 12.8 Å². The number of aliphatic carboxylic acids is 2. The first-order chi connectivity index (χ1) is 21.0. The summed E-state index contributed by atoms with van der Waals surface area (Å²) in [6.45, 7) is 10.1. The summed E-state index contributed by atoms with van der Waals surface area (Å²) < 4.78 is 15.4. The fourth-order valence-corrected chi connectivity index (χ4v) is 5.28. The first-order valence-electron chi connectivity index (χ1n) is 16.0. The molecule has 13 nitrogen and oxygen atoms in total. The quantitative estimate of drug-likeness (QED) is 0.115. The molecule has 0 spiro atoms. The van der Waals surface area contributed by atoms with Gasteiger partial charge in [-0.05, 0) is 19.3 Å². The summed E-state index contributed by atoms with van der Waals surface area (Å²) in [7, 11) is 0. The normalized spacial score (nSPS) is 27.7. The van der Waals surface area contributed by atoms with E-state index in [0.717, 1.165) is 44.9 Å². The standard InChI is InChI=1S/C27H42O13.2C2H6/c1-2-3-6-10-16-15(9-7-4-5-8-11-19(29)30)17(28)14-18(16)38-20(31)12-13-21(32)39-27-24(35)22(33)23(34)25(40-27)26(36)37;2*1-2/h15-16,18,22-25,27,33-35H,2-14H2,1H3,(H,29,30)(H,36,37);2*1-2H3/t15?,16?,18?,22-,23-,24+,25-,27?;;/m0../s1. The Morgan fingerprint density at radius 1 is 0.750 bits per heavy atom. The van der Waals surface area contributed by atoms with Crippen molar-refractivity contribution in [3.63, 3.8) is 0 Å². The second-order valence-electron chi connectivity index (χ2n) is 10.5. The first kappa shape index (κ1) is 41.4. The van der Waals surface area contributed by atoms with E-state index in [1.54, 1.807) is 0 Å². The van der Waals surface area contributed by atoms with Crippen LogP contribution in [0.25, 0.3) is 0 Å².